The van der Waals surface area contributed by atoms with Crippen molar-refractivity contribution in [1.29, 1.82) is 0 Å². The van der Waals surface area contributed by atoms with Gasteiger partial charge in [-0.25, -0.2) is 9.37 Å². The summed E-state index contributed by atoms with van der Waals surface area (Å²) in [7, 11) is 0. The summed E-state index contributed by atoms with van der Waals surface area (Å²) in [4.78, 5) is 31.0. The number of anilines is 1. The van der Waals surface area contributed by atoms with Gasteiger partial charge in [-0.05, 0) is 50.7 Å². The first kappa shape index (κ1) is 20.2. The third-order valence-corrected chi connectivity index (χ3v) is 7.45. The predicted octanol–water partition coefficient (Wildman–Crippen LogP) is 3.69. The van der Waals surface area contributed by atoms with Crippen molar-refractivity contribution in [2.45, 2.75) is 68.4 Å². The molecule has 0 aliphatic heterocycles. The number of carbonyl (C=O) groups is 1. The van der Waals surface area contributed by atoms with Crippen molar-refractivity contribution >= 4 is 34.3 Å². The number of hydrogen-bond acceptors (Lipinski definition) is 5. The molecule has 1 aromatic carbocycles. The summed E-state index contributed by atoms with van der Waals surface area (Å²) in [5.74, 6) is 0.346. The van der Waals surface area contributed by atoms with Gasteiger partial charge in [0.15, 0.2) is 0 Å². The van der Waals surface area contributed by atoms with E-state index in [1.165, 1.54) is 18.9 Å². The van der Waals surface area contributed by atoms with Crippen LogP contribution in [0.25, 0.3) is 10.9 Å². The van der Waals surface area contributed by atoms with Gasteiger partial charge >= 0.3 is 0 Å². The number of benzene rings is 1. The maximum absolute atomic E-state index is 14.5. The number of primary amides is 1. The second-order valence-electron chi connectivity index (χ2n) is 8.18. The lowest BCUT2D eigenvalue weighted by Crippen LogP contribution is -2.28. The average molecular weight is 419 g/mol. The number of nitrogens with zero attached hydrogens (tertiary/aromatic N) is 1. The maximum Gasteiger partial charge on any atom is 0.261 e. The topological polar surface area (TPSA) is 101 Å². The molecule has 2 saturated carbocycles. The minimum Gasteiger partial charge on any atom is -0.382 e. The first-order valence-corrected chi connectivity index (χ1v) is 11.4. The normalized spacial score (nSPS) is 22.8. The van der Waals surface area contributed by atoms with Gasteiger partial charge in [0.2, 0.25) is 5.91 Å². The zero-order valence-corrected chi connectivity index (χ0v) is 17.2. The summed E-state index contributed by atoms with van der Waals surface area (Å²) >= 11 is 1.72. The molecule has 156 valence electrons. The second-order valence-corrected chi connectivity index (χ2v) is 9.47. The molecule has 2 aromatic rings. The molecule has 1 aromatic heterocycles. The highest BCUT2D eigenvalue weighted by Gasteiger charge is 2.25. The monoisotopic (exact) mass is 418 g/mol. The largest absolute Gasteiger partial charge is 0.382 e. The van der Waals surface area contributed by atoms with Gasteiger partial charge in [0.05, 0.1) is 11.3 Å². The Hall–Kier alpha value is -2.09. The number of carbonyl (C=O) groups excluding carboxylic acids is 1. The number of halogens is 1. The third-order valence-electron chi connectivity index (χ3n) is 6.07. The number of fused-ring (bicyclic) bond motifs is 1. The number of nitrogens with one attached hydrogen (secondary N) is 2. The molecular formula is C21H27FN4O2S. The van der Waals surface area contributed by atoms with Crippen LogP contribution >= 0.6 is 11.8 Å². The molecule has 0 radical (unpaired) electrons. The van der Waals surface area contributed by atoms with Crippen molar-refractivity contribution in [3.05, 3.63) is 34.1 Å². The van der Waals surface area contributed by atoms with E-state index in [1.54, 1.807) is 17.8 Å². The van der Waals surface area contributed by atoms with E-state index in [1.807, 2.05) is 0 Å². The van der Waals surface area contributed by atoms with E-state index in [4.69, 9.17) is 5.73 Å². The van der Waals surface area contributed by atoms with Crippen LogP contribution in [0, 0.1) is 11.7 Å². The van der Waals surface area contributed by atoms with Gasteiger partial charge in [0, 0.05) is 22.9 Å². The van der Waals surface area contributed by atoms with Crippen LogP contribution in [0.4, 0.5) is 10.1 Å². The fourth-order valence-corrected chi connectivity index (χ4v) is 5.58. The van der Waals surface area contributed by atoms with Gasteiger partial charge in [0.25, 0.3) is 5.56 Å². The van der Waals surface area contributed by atoms with E-state index in [9.17, 15) is 14.0 Å². The van der Waals surface area contributed by atoms with Gasteiger partial charge < -0.3 is 16.0 Å². The van der Waals surface area contributed by atoms with Gasteiger partial charge in [-0.15, -0.1) is 0 Å². The van der Waals surface area contributed by atoms with Crippen LogP contribution in [0.2, 0.25) is 0 Å². The number of thioether (sulfide) groups is 1. The zero-order chi connectivity index (χ0) is 20.4. The van der Waals surface area contributed by atoms with Crippen molar-refractivity contribution in [3.63, 3.8) is 0 Å². The Labute approximate surface area is 173 Å². The van der Waals surface area contributed by atoms with Crippen LogP contribution in [0.1, 0.15) is 57.2 Å². The molecule has 29 heavy (non-hydrogen) atoms. The number of aromatic amines is 1. The smallest absolute Gasteiger partial charge is 0.261 e. The Kier molecular flexibility index (Phi) is 6.08. The van der Waals surface area contributed by atoms with E-state index >= 15 is 0 Å². The number of hydrogen-bond donors (Lipinski definition) is 3. The Bertz CT molecular complexity index is 950. The molecule has 8 heteroatoms. The Morgan fingerprint density at radius 2 is 1.93 bits per heavy atom. The lowest BCUT2D eigenvalue weighted by Gasteiger charge is -2.26. The molecular weight excluding hydrogens is 391 g/mol. The molecule has 4 N–H and O–H groups in total. The number of amides is 1. The standard InChI is InChI=1S/C21H27FN4O2S/c22-16-9-14(24-13-3-1-2-4-13)10-17-19(16)21(28)26-18(25-17)11-29-15-7-5-12(6-8-15)20(23)27/h9-10,12-13,15,24H,1-8,11H2,(H2,23,27)(H,25,26,28)/t12-,15-. The maximum atomic E-state index is 14.5. The fraction of sp³-hybridized carbons (Fsp3) is 0.571. The van der Waals surface area contributed by atoms with Crippen molar-refractivity contribution in [3.8, 4) is 0 Å². The van der Waals surface area contributed by atoms with Crippen LogP contribution in [-0.2, 0) is 10.5 Å². The van der Waals surface area contributed by atoms with Gasteiger partial charge in [0.1, 0.15) is 17.0 Å². The Balaban J connectivity index is 1.47. The van der Waals surface area contributed by atoms with Crippen molar-refractivity contribution < 1.29 is 9.18 Å². The lowest BCUT2D eigenvalue weighted by molar-refractivity contribution is -0.122. The third kappa shape index (κ3) is 4.74. The van der Waals surface area contributed by atoms with E-state index in [0.717, 1.165) is 38.5 Å². The molecule has 2 aliphatic carbocycles. The second kappa shape index (κ2) is 8.73. The molecule has 2 fully saturated rings. The number of aromatic nitrogens is 2. The molecule has 2 aliphatic rings. The van der Waals surface area contributed by atoms with E-state index < -0.39 is 11.4 Å². The lowest BCUT2D eigenvalue weighted by atomic mass is 9.88. The molecule has 1 heterocycles. The zero-order valence-electron chi connectivity index (χ0n) is 16.4. The van der Waals surface area contributed by atoms with Crippen molar-refractivity contribution in [2.24, 2.45) is 11.7 Å². The van der Waals surface area contributed by atoms with Gasteiger partial charge in [-0.1, -0.05) is 12.8 Å². The highest BCUT2D eigenvalue weighted by Crippen LogP contribution is 2.33. The molecule has 0 saturated heterocycles. The predicted molar refractivity (Wildman–Crippen MR) is 114 cm³/mol. The minimum atomic E-state index is -0.541. The molecule has 0 spiro atoms. The quantitative estimate of drug-likeness (QED) is 0.664. The van der Waals surface area contributed by atoms with Gasteiger partial charge in [-0.3, -0.25) is 9.59 Å². The highest BCUT2D eigenvalue weighted by atomic mass is 32.2. The summed E-state index contributed by atoms with van der Waals surface area (Å²) in [5.41, 5.74) is 6.03. The first-order valence-electron chi connectivity index (χ1n) is 10.4. The summed E-state index contributed by atoms with van der Waals surface area (Å²) in [6.07, 6.45) is 8.04. The Morgan fingerprint density at radius 3 is 2.62 bits per heavy atom. The molecule has 0 bridgehead atoms. The molecule has 4 rings (SSSR count). The summed E-state index contributed by atoms with van der Waals surface area (Å²) < 4.78 is 14.5. The Morgan fingerprint density at radius 1 is 1.21 bits per heavy atom. The van der Waals surface area contributed by atoms with Crippen LogP contribution < -0.4 is 16.6 Å². The van der Waals surface area contributed by atoms with Crippen LogP contribution in [0.15, 0.2) is 16.9 Å². The number of H-pyrrole nitrogens is 1. The summed E-state index contributed by atoms with van der Waals surface area (Å²) in [6.45, 7) is 0. The average Bonchev–Trinajstić information content (AvgIpc) is 3.19. The van der Waals surface area contributed by atoms with E-state index in [-0.39, 0.29) is 17.2 Å². The molecule has 1 amide bonds. The number of nitrogens with two attached hydrogens (primary N) is 1. The summed E-state index contributed by atoms with van der Waals surface area (Å²) in [6, 6.07) is 3.53. The van der Waals surface area contributed by atoms with E-state index in [2.05, 4.69) is 15.3 Å². The van der Waals surface area contributed by atoms with Crippen LogP contribution in [-0.4, -0.2) is 27.2 Å². The molecule has 6 nitrogen and oxygen atoms in total. The highest BCUT2D eigenvalue weighted by molar-refractivity contribution is 7.99. The van der Waals surface area contributed by atoms with Crippen molar-refractivity contribution in [1.82, 2.24) is 9.97 Å². The number of rotatable bonds is 6. The first-order chi connectivity index (χ1) is 14.0. The van der Waals surface area contributed by atoms with Crippen LogP contribution in [0.3, 0.4) is 0 Å². The summed E-state index contributed by atoms with van der Waals surface area (Å²) in [5, 5.41) is 3.80. The fourth-order valence-electron chi connectivity index (χ4n) is 4.44. The van der Waals surface area contributed by atoms with Gasteiger partial charge in [-0.2, -0.15) is 11.8 Å². The molecule has 0 atom stereocenters. The van der Waals surface area contributed by atoms with Crippen molar-refractivity contribution in [2.75, 3.05) is 5.32 Å². The van der Waals surface area contributed by atoms with E-state index in [0.29, 0.717) is 34.1 Å². The van der Waals surface area contributed by atoms with Crippen LogP contribution in [0.5, 0.6) is 0 Å². The minimum absolute atomic E-state index is 0.0117. The SMILES string of the molecule is NC(=O)[C@H]1CC[C@H](SCc2nc3cc(NC4CCCC4)cc(F)c3c(=O)[nH]2)CC1. The molecule has 0 unspecified atom stereocenters.